The van der Waals surface area contributed by atoms with Crippen LogP contribution >= 0.6 is 0 Å². The number of cyclic esters (lactones) is 1. The maximum absolute atomic E-state index is 12.6. The van der Waals surface area contributed by atoms with E-state index in [0.717, 1.165) is 16.7 Å². The lowest BCUT2D eigenvalue weighted by molar-refractivity contribution is -0.165. The average Bonchev–Trinajstić information content (AvgIpc) is 2.85. The van der Waals surface area contributed by atoms with Crippen molar-refractivity contribution < 1.29 is 23.7 Å². The fourth-order valence-electron chi connectivity index (χ4n) is 3.35. The molecule has 0 spiro atoms. The summed E-state index contributed by atoms with van der Waals surface area (Å²) in [4.78, 5) is 12.6. The van der Waals surface area contributed by atoms with Gasteiger partial charge in [0.1, 0.15) is 12.7 Å². The van der Waals surface area contributed by atoms with Gasteiger partial charge in [0.25, 0.3) is 0 Å². The molecule has 32 heavy (non-hydrogen) atoms. The first-order valence-corrected chi connectivity index (χ1v) is 10.6. The van der Waals surface area contributed by atoms with Crippen molar-refractivity contribution in [1.82, 2.24) is 0 Å². The van der Waals surface area contributed by atoms with Crippen LogP contribution < -0.4 is 0 Å². The van der Waals surface area contributed by atoms with E-state index in [1.165, 1.54) is 0 Å². The standard InChI is InChI=1S/C27H26O5/c28-27-25(31-19-23-14-8-3-9-15-23)16-24(30-18-22-12-6-2-7-13-22)26(32-27)20-29-17-21-10-4-1-5-11-21/h1-16,24,26H,17-20H2/t24-,26-/m1/s1. The fraction of sp³-hybridized carbons (Fsp3) is 0.222. The van der Waals surface area contributed by atoms with Gasteiger partial charge in [-0.1, -0.05) is 91.0 Å². The quantitative estimate of drug-likeness (QED) is 0.432. The Kier molecular flexibility index (Phi) is 7.69. The van der Waals surface area contributed by atoms with Gasteiger partial charge >= 0.3 is 5.97 Å². The van der Waals surface area contributed by atoms with Crippen LogP contribution in [0.25, 0.3) is 0 Å². The SMILES string of the molecule is O=C1O[C@H](COCc2ccccc2)[C@H](OCc2ccccc2)C=C1OCc1ccccc1. The molecule has 2 atom stereocenters. The highest BCUT2D eigenvalue weighted by atomic mass is 16.6. The van der Waals surface area contributed by atoms with E-state index in [9.17, 15) is 4.79 Å². The van der Waals surface area contributed by atoms with Gasteiger partial charge in [0.15, 0.2) is 6.10 Å². The van der Waals surface area contributed by atoms with Crippen molar-refractivity contribution in [2.75, 3.05) is 6.61 Å². The van der Waals surface area contributed by atoms with Crippen LogP contribution in [-0.2, 0) is 43.6 Å². The largest absolute Gasteiger partial charge is 0.482 e. The van der Waals surface area contributed by atoms with Crippen molar-refractivity contribution in [3.8, 4) is 0 Å². The van der Waals surface area contributed by atoms with E-state index >= 15 is 0 Å². The van der Waals surface area contributed by atoms with E-state index in [1.54, 1.807) is 6.08 Å². The molecule has 0 aromatic heterocycles. The first-order chi connectivity index (χ1) is 15.8. The monoisotopic (exact) mass is 430 g/mol. The Morgan fingerprint density at radius 1 is 0.688 bits per heavy atom. The molecule has 0 fully saturated rings. The minimum Gasteiger partial charge on any atom is -0.482 e. The van der Waals surface area contributed by atoms with Gasteiger partial charge in [-0.15, -0.1) is 0 Å². The maximum atomic E-state index is 12.6. The molecule has 0 N–H and O–H groups in total. The third-order valence-corrected chi connectivity index (χ3v) is 5.06. The Bertz CT molecular complexity index is 1000. The van der Waals surface area contributed by atoms with Gasteiger partial charge in [0.05, 0.1) is 19.8 Å². The van der Waals surface area contributed by atoms with Crippen LogP contribution in [0.3, 0.4) is 0 Å². The topological polar surface area (TPSA) is 54.0 Å². The van der Waals surface area contributed by atoms with Gasteiger partial charge in [-0.05, 0) is 22.8 Å². The average molecular weight is 431 g/mol. The van der Waals surface area contributed by atoms with E-state index in [-0.39, 0.29) is 19.0 Å². The third kappa shape index (κ3) is 6.30. The summed E-state index contributed by atoms with van der Waals surface area (Å²) in [5, 5.41) is 0. The second kappa shape index (κ2) is 11.3. The molecule has 5 nitrogen and oxygen atoms in total. The molecule has 4 rings (SSSR count). The summed E-state index contributed by atoms with van der Waals surface area (Å²) >= 11 is 0. The number of carbonyl (C=O) groups is 1. The first kappa shape index (κ1) is 21.8. The van der Waals surface area contributed by atoms with Crippen molar-refractivity contribution in [1.29, 1.82) is 0 Å². The van der Waals surface area contributed by atoms with E-state index < -0.39 is 18.2 Å². The van der Waals surface area contributed by atoms with Crippen molar-refractivity contribution in [2.45, 2.75) is 32.0 Å². The zero-order valence-corrected chi connectivity index (χ0v) is 17.8. The summed E-state index contributed by atoms with van der Waals surface area (Å²) in [6, 6.07) is 29.4. The summed E-state index contributed by atoms with van der Waals surface area (Å²) in [6.45, 7) is 1.33. The number of rotatable bonds is 10. The number of hydrogen-bond acceptors (Lipinski definition) is 5. The summed E-state index contributed by atoms with van der Waals surface area (Å²) < 4.78 is 23.3. The summed E-state index contributed by atoms with van der Waals surface area (Å²) in [5.41, 5.74) is 3.06. The molecule has 0 radical (unpaired) electrons. The molecule has 3 aromatic carbocycles. The zero-order valence-electron chi connectivity index (χ0n) is 17.8. The highest BCUT2D eigenvalue weighted by Crippen LogP contribution is 2.22. The molecular formula is C27H26O5. The molecule has 0 bridgehead atoms. The van der Waals surface area contributed by atoms with Gasteiger partial charge in [0.2, 0.25) is 5.76 Å². The Morgan fingerprint density at radius 2 is 1.22 bits per heavy atom. The Balaban J connectivity index is 1.41. The zero-order chi connectivity index (χ0) is 22.0. The molecule has 1 aliphatic rings. The van der Waals surface area contributed by atoms with Gasteiger partial charge in [-0.3, -0.25) is 0 Å². The van der Waals surface area contributed by atoms with Crippen LogP contribution in [0.4, 0.5) is 0 Å². The van der Waals surface area contributed by atoms with Crippen molar-refractivity contribution in [2.24, 2.45) is 0 Å². The lowest BCUT2D eigenvalue weighted by Gasteiger charge is -2.29. The molecule has 0 amide bonds. The molecule has 0 saturated carbocycles. The molecule has 5 heteroatoms. The van der Waals surface area contributed by atoms with Crippen molar-refractivity contribution in [3.63, 3.8) is 0 Å². The normalized spacial score (nSPS) is 18.0. The number of esters is 1. The molecular weight excluding hydrogens is 404 g/mol. The van der Waals surface area contributed by atoms with E-state index in [2.05, 4.69) is 0 Å². The van der Waals surface area contributed by atoms with Gasteiger partial charge in [-0.2, -0.15) is 0 Å². The second-order valence-electron chi connectivity index (χ2n) is 7.51. The number of ether oxygens (including phenoxy) is 4. The molecule has 3 aromatic rings. The summed E-state index contributed by atoms with van der Waals surface area (Å²) in [6.07, 6.45) is 0.669. The minimum atomic E-state index is -0.556. The Morgan fingerprint density at radius 3 is 1.81 bits per heavy atom. The van der Waals surface area contributed by atoms with Gasteiger partial charge in [-0.25, -0.2) is 4.79 Å². The smallest absolute Gasteiger partial charge is 0.373 e. The number of benzene rings is 3. The van der Waals surface area contributed by atoms with E-state index in [1.807, 2.05) is 91.0 Å². The fourth-order valence-corrected chi connectivity index (χ4v) is 3.35. The van der Waals surface area contributed by atoms with Crippen LogP contribution in [0.1, 0.15) is 16.7 Å². The van der Waals surface area contributed by atoms with Crippen LogP contribution in [0.2, 0.25) is 0 Å². The molecule has 164 valence electrons. The molecule has 1 aliphatic heterocycles. The summed E-state index contributed by atoms with van der Waals surface area (Å²) in [5.74, 6) is -0.347. The molecule has 0 aliphatic carbocycles. The van der Waals surface area contributed by atoms with E-state index in [4.69, 9.17) is 18.9 Å². The van der Waals surface area contributed by atoms with Gasteiger partial charge < -0.3 is 18.9 Å². The summed E-state index contributed by atoms with van der Waals surface area (Å²) in [7, 11) is 0. The predicted molar refractivity (Wildman–Crippen MR) is 120 cm³/mol. The van der Waals surface area contributed by atoms with E-state index in [0.29, 0.717) is 13.2 Å². The van der Waals surface area contributed by atoms with Crippen LogP contribution in [0, 0.1) is 0 Å². The second-order valence-corrected chi connectivity index (χ2v) is 7.51. The van der Waals surface area contributed by atoms with Crippen molar-refractivity contribution >= 4 is 5.97 Å². The number of carbonyl (C=O) groups excluding carboxylic acids is 1. The van der Waals surface area contributed by atoms with Crippen LogP contribution in [0.5, 0.6) is 0 Å². The van der Waals surface area contributed by atoms with Crippen LogP contribution in [-0.4, -0.2) is 24.8 Å². The first-order valence-electron chi connectivity index (χ1n) is 10.6. The predicted octanol–water partition coefficient (Wildman–Crippen LogP) is 4.81. The third-order valence-electron chi connectivity index (χ3n) is 5.06. The number of hydrogen-bond donors (Lipinski definition) is 0. The Labute approximate surface area is 188 Å². The van der Waals surface area contributed by atoms with Crippen LogP contribution in [0.15, 0.2) is 103 Å². The Hall–Kier alpha value is -3.41. The maximum Gasteiger partial charge on any atom is 0.373 e. The molecule has 0 saturated heterocycles. The van der Waals surface area contributed by atoms with Gasteiger partial charge in [0, 0.05) is 0 Å². The minimum absolute atomic E-state index is 0.159. The lowest BCUT2D eigenvalue weighted by atomic mass is 10.1. The lowest BCUT2D eigenvalue weighted by Crippen LogP contribution is -2.40. The highest BCUT2D eigenvalue weighted by molar-refractivity contribution is 5.87. The molecule has 0 unspecified atom stereocenters. The van der Waals surface area contributed by atoms with Crippen molar-refractivity contribution in [3.05, 3.63) is 120 Å². The highest BCUT2D eigenvalue weighted by Gasteiger charge is 2.33. The molecule has 1 heterocycles.